The van der Waals surface area contributed by atoms with E-state index in [4.69, 9.17) is 0 Å². The van der Waals surface area contributed by atoms with Gasteiger partial charge in [0.15, 0.2) is 0 Å². The van der Waals surface area contributed by atoms with Gasteiger partial charge in [-0.1, -0.05) is 6.07 Å². The fourth-order valence-corrected chi connectivity index (χ4v) is 1.85. The van der Waals surface area contributed by atoms with E-state index >= 15 is 0 Å². The zero-order valence-corrected chi connectivity index (χ0v) is 9.97. The second-order valence-electron chi connectivity index (χ2n) is 4.22. The van der Waals surface area contributed by atoms with E-state index in [9.17, 15) is 5.11 Å². The number of hydrogen-bond donors (Lipinski definition) is 1. The van der Waals surface area contributed by atoms with Gasteiger partial charge in [0.1, 0.15) is 0 Å². The van der Waals surface area contributed by atoms with E-state index in [-0.39, 0.29) is 12.1 Å². The molecule has 3 heteroatoms. The molecule has 1 heterocycles. The van der Waals surface area contributed by atoms with Gasteiger partial charge in [-0.25, -0.2) is 0 Å². The van der Waals surface area contributed by atoms with Gasteiger partial charge < -0.3 is 5.11 Å². The summed E-state index contributed by atoms with van der Waals surface area (Å²) in [5.41, 5.74) is -0.114. The lowest BCUT2D eigenvalue weighted by atomic mass is 10.1. The van der Waals surface area contributed by atoms with E-state index in [0.717, 1.165) is 13.0 Å². The lowest BCUT2D eigenvalue weighted by Crippen LogP contribution is -2.45. The lowest BCUT2D eigenvalue weighted by Gasteiger charge is -2.33. The predicted octanol–water partition coefficient (Wildman–Crippen LogP) is 1.99. The highest BCUT2D eigenvalue weighted by molar-refractivity contribution is 7.09. The number of hydrogen-bond acceptors (Lipinski definition) is 3. The summed E-state index contributed by atoms with van der Waals surface area (Å²) in [7, 11) is 2.06. The number of thiophene rings is 1. The minimum atomic E-state index is -0.114. The van der Waals surface area contributed by atoms with E-state index < -0.39 is 0 Å². The Kier molecular flexibility index (Phi) is 4.11. The standard InChI is InChI=1S/C11H19NOS/c1-11(2,9-13)12(3)7-6-10-5-4-8-14-10/h4-5,8,13H,6-7,9H2,1-3H3. The fraction of sp³-hybridized carbons (Fsp3) is 0.636. The van der Waals surface area contributed by atoms with Crippen molar-refractivity contribution in [3.05, 3.63) is 22.4 Å². The molecule has 0 saturated heterocycles. The molecular weight excluding hydrogens is 194 g/mol. The number of nitrogens with zero attached hydrogens (tertiary/aromatic N) is 1. The Balaban J connectivity index is 2.38. The molecule has 1 N–H and O–H groups in total. The maximum Gasteiger partial charge on any atom is 0.0609 e. The molecule has 1 rings (SSSR count). The van der Waals surface area contributed by atoms with Crippen LogP contribution in [0.2, 0.25) is 0 Å². The van der Waals surface area contributed by atoms with Gasteiger partial charge >= 0.3 is 0 Å². The molecule has 0 unspecified atom stereocenters. The first-order valence-electron chi connectivity index (χ1n) is 4.91. The Bertz CT molecular complexity index is 256. The van der Waals surface area contributed by atoms with Crippen LogP contribution in [0.15, 0.2) is 17.5 Å². The average molecular weight is 213 g/mol. The minimum absolute atomic E-state index is 0.114. The van der Waals surface area contributed by atoms with Crippen LogP contribution in [0.5, 0.6) is 0 Å². The number of likely N-dealkylation sites (N-methyl/N-ethyl adjacent to an activating group) is 1. The van der Waals surface area contributed by atoms with Crippen LogP contribution in [-0.4, -0.2) is 35.7 Å². The molecule has 0 atom stereocenters. The molecule has 0 fully saturated rings. The Morgan fingerprint density at radius 3 is 2.71 bits per heavy atom. The normalized spacial score (nSPS) is 12.4. The van der Waals surface area contributed by atoms with Crippen LogP contribution in [0.1, 0.15) is 18.7 Å². The van der Waals surface area contributed by atoms with E-state index in [1.54, 1.807) is 11.3 Å². The zero-order valence-electron chi connectivity index (χ0n) is 9.16. The van der Waals surface area contributed by atoms with E-state index in [1.165, 1.54) is 4.88 Å². The van der Waals surface area contributed by atoms with Crippen molar-refractivity contribution in [2.24, 2.45) is 0 Å². The molecule has 0 radical (unpaired) electrons. The van der Waals surface area contributed by atoms with E-state index in [0.29, 0.717) is 0 Å². The summed E-state index contributed by atoms with van der Waals surface area (Å²) in [6, 6.07) is 4.24. The molecule has 0 aromatic carbocycles. The fourth-order valence-electron chi connectivity index (χ4n) is 1.16. The third-order valence-corrected chi connectivity index (χ3v) is 3.63. The van der Waals surface area contributed by atoms with E-state index in [2.05, 4.69) is 43.3 Å². The topological polar surface area (TPSA) is 23.5 Å². The molecule has 0 aliphatic heterocycles. The third-order valence-electron chi connectivity index (χ3n) is 2.69. The van der Waals surface area contributed by atoms with Crippen LogP contribution in [0.25, 0.3) is 0 Å². The second kappa shape index (κ2) is 4.91. The van der Waals surface area contributed by atoms with Crippen LogP contribution < -0.4 is 0 Å². The maximum atomic E-state index is 9.18. The summed E-state index contributed by atoms with van der Waals surface area (Å²) in [4.78, 5) is 3.61. The molecule has 0 aliphatic carbocycles. The van der Waals surface area contributed by atoms with Gasteiger partial charge in [-0.15, -0.1) is 11.3 Å². The monoisotopic (exact) mass is 213 g/mol. The van der Waals surface area contributed by atoms with Crippen LogP contribution in [-0.2, 0) is 6.42 Å². The molecule has 0 saturated carbocycles. The van der Waals surface area contributed by atoms with E-state index in [1.807, 2.05) is 0 Å². The van der Waals surface area contributed by atoms with Gasteiger partial charge in [0.25, 0.3) is 0 Å². The van der Waals surface area contributed by atoms with Crippen molar-refractivity contribution in [2.45, 2.75) is 25.8 Å². The molecule has 0 spiro atoms. The largest absolute Gasteiger partial charge is 0.394 e. The van der Waals surface area contributed by atoms with Gasteiger partial charge in [0.2, 0.25) is 0 Å². The van der Waals surface area contributed by atoms with Crippen molar-refractivity contribution in [3.8, 4) is 0 Å². The highest BCUT2D eigenvalue weighted by Gasteiger charge is 2.21. The van der Waals surface area contributed by atoms with Crippen LogP contribution in [0.4, 0.5) is 0 Å². The summed E-state index contributed by atoms with van der Waals surface area (Å²) < 4.78 is 0. The first kappa shape index (κ1) is 11.7. The zero-order chi connectivity index (χ0) is 10.6. The molecular formula is C11H19NOS. The summed E-state index contributed by atoms with van der Waals surface area (Å²) in [6.07, 6.45) is 1.07. The highest BCUT2D eigenvalue weighted by atomic mass is 32.1. The van der Waals surface area contributed by atoms with Gasteiger partial charge in [0, 0.05) is 17.0 Å². The summed E-state index contributed by atoms with van der Waals surface area (Å²) >= 11 is 1.79. The van der Waals surface area contributed by atoms with Gasteiger partial charge in [-0.2, -0.15) is 0 Å². The molecule has 80 valence electrons. The van der Waals surface area contributed by atoms with Crippen molar-refractivity contribution in [2.75, 3.05) is 20.2 Å². The molecule has 0 aliphatic rings. The van der Waals surface area contributed by atoms with Gasteiger partial charge in [0.05, 0.1) is 6.61 Å². The third kappa shape index (κ3) is 3.08. The first-order chi connectivity index (χ1) is 6.56. The average Bonchev–Trinajstić information content (AvgIpc) is 2.66. The Hall–Kier alpha value is -0.380. The van der Waals surface area contributed by atoms with Crippen molar-refractivity contribution < 1.29 is 5.11 Å². The van der Waals surface area contributed by atoms with Crippen LogP contribution in [0.3, 0.4) is 0 Å². The Morgan fingerprint density at radius 2 is 2.21 bits per heavy atom. The van der Waals surface area contributed by atoms with Crippen molar-refractivity contribution in [1.82, 2.24) is 4.90 Å². The Morgan fingerprint density at radius 1 is 1.50 bits per heavy atom. The van der Waals surface area contributed by atoms with Crippen molar-refractivity contribution in [3.63, 3.8) is 0 Å². The number of aliphatic hydroxyl groups excluding tert-OH is 1. The minimum Gasteiger partial charge on any atom is -0.394 e. The number of aliphatic hydroxyl groups is 1. The molecule has 1 aromatic rings. The summed E-state index contributed by atoms with van der Waals surface area (Å²) in [6.45, 7) is 5.31. The summed E-state index contributed by atoms with van der Waals surface area (Å²) in [5.74, 6) is 0. The van der Waals surface area contributed by atoms with Crippen molar-refractivity contribution >= 4 is 11.3 Å². The molecule has 0 bridgehead atoms. The summed E-state index contributed by atoms with van der Waals surface area (Å²) in [5, 5.41) is 11.3. The number of rotatable bonds is 5. The smallest absolute Gasteiger partial charge is 0.0609 e. The maximum absolute atomic E-state index is 9.18. The van der Waals surface area contributed by atoms with Gasteiger partial charge in [-0.3, -0.25) is 4.90 Å². The lowest BCUT2D eigenvalue weighted by molar-refractivity contribution is 0.0802. The quantitative estimate of drug-likeness (QED) is 0.808. The predicted molar refractivity (Wildman–Crippen MR) is 61.8 cm³/mol. The first-order valence-corrected chi connectivity index (χ1v) is 5.79. The highest BCUT2D eigenvalue weighted by Crippen LogP contribution is 2.14. The van der Waals surface area contributed by atoms with Gasteiger partial charge in [-0.05, 0) is 38.8 Å². The van der Waals surface area contributed by atoms with Crippen LogP contribution in [0, 0.1) is 0 Å². The Labute approximate surface area is 90.2 Å². The van der Waals surface area contributed by atoms with Crippen LogP contribution >= 0.6 is 11.3 Å². The molecule has 1 aromatic heterocycles. The molecule has 0 amide bonds. The second-order valence-corrected chi connectivity index (χ2v) is 5.25. The SMILES string of the molecule is CN(CCc1cccs1)C(C)(C)CO. The molecule has 2 nitrogen and oxygen atoms in total. The van der Waals surface area contributed by atoms with Crippen molar-refractivity contribution in [1.29, 1.82) is 0 Å². The molecule has 14 heavy (non-hydrogen) atoms.